The second-order valence-electron chi connectivity index (χ2n) is 3.25. The largest absolute Gasteiger partial charge is 0.465 e. The molecule has 0 heterocycles. The Morgan fingerprint density at radius 3 is 2.60 bits per heavy atom. The van der Waals surface area contributed by atoms with Crippen LogP contribution in [0.5, 0.6) is 0 Å². The van der Waals surface area contributed by atoms with Crippen LogP contribution in [0.2, 0.25) is 0 Å². The molecule has 5 nitrogen and oxygen atoms in total. The second-order valence-corrected chi connectivity index (χ2v) is 3.25. The molecule has 0 saturated carbocycles. The number of hydrogen-bond donors (Lipinski definition) is 3. The van der Waals surface area contributed by atoms with Gasteiger partial charge in [-0.3, -0.25) is 0 Å². The Morgan fingerprint density at radius 2 is 2.07 bits per heavy atom. The fourth-order valence-corrected chi connectivity index (χ4v) is 1.06. The number of nitrogens with zero attached hydrogens (tertiary/aromatic N) is 1. The van der Waals surface area contributed by atoms with Crippen molar-refractivity contribution in [1.82, 2.24) is 4.90 Å². The van der Waals surface area contributed by atoms with Crippen molar-refractivity contribution in [3.8, 4) is 0 Å². The molecule has 0 bridgehead atoms. The van der Waals surface area contributed by atoms with Gasteiger partial charge in [0.05, 0.1) is 0 Å². The van der Waals surface area contributed by atoms with Crippen LogP contribution in [-0.4, -0.2) is 36.2 Å². The summed E-state index contributed by atoms with van der Waals surface area (Å²) in [6, 6.07) is 7.30. The standard InChI is InChI=1S/C10H15N3O2/c1-13(10(14)15)7-6-12-9-4-2-8(11)3-5-9/h2-5,12H,6-7,11H2,1H3,(H,14,15). The number of nitrogen functional groups attached to an aromatic ring is 1. The van der Waals surface area contributed by atoms with E-state index < -0.39 is 6.09 Å². The zero-order valence-electron chi connectivity index (χ0n) is 8.60. The first kappa shape index (κ1) is 11.2. The van der Waals surface area contributed by atoms with Crippen LogP contribution in [0.4, 0.5) is 16.2 Å². The number of benzene rings is 1. The summed E-state index contributed by atoms with van der Waals surface area (Å²) in [5, 5.41) is 11.7. The normalized spacial score (nSPS) is 9.67. The monoisotopic (exact) mass is 209 g/mol. The minimum atomic E-state index is -0.922. The van der Waals surface area contributed by atoms with Crippen molar-refractivity contribution in [2.45, 2.75) is 0 Å². The SMILES string of the molecule is CN(CCNc1ccc(N)cc1)C(=O)O. The van der Waals surface area contributed by atoms with Crippen LogP contribution in [0.15, 0.2) is 24.3 Å². The van der Waals surface area contributed by atoms with E-state index in [1.807, 2.05) is 12.1 Å². The van der Waals surface area contributed by atoms with Crippen LogP contribution in [0.1, 0.15) is 0 Å². The molecule has 0 aliphatic heterocycles. The molecule has 0 unspecified atom stereocenters. The first-order valence-electron chi connectivity index (χ1n) is 4.63. The lowest BCUT2D eigenvalue weighted by atomic mass is 10.3. The van der Waals surface area contributed by atoms with Gasteiger partial charge in [0.1, 0.15) is 0 Å². The van der Waals surface area contributed by atoms with Crippen LogP contribution < -0.4 is 11.1 Å². The molecule has 5 heteroatoms. The van der Waals surface area contributed by atoms with E-state index in [4.69, 9.17) is 10.8 Å². The lowest BCUT2D eigenvalue weighted by molar-refractivity contribution is 0.157. The molecule has 0 spiro atoms. The van der Waals surface area contributed by atoms with Crippen LogP contribution in [0.25, 0.3) is 0 Å². The highest BCUT2D eigenvalue weighted by Crippen LogP contribution is 2.09. The van der Waals surface area contributed by atoms with Crippen molar-refractivity contribution in [2.75, 3.05) is 31.2 Å². The Kier molecular flexibility index (Phi) is 3.79. The van der Waals surface area contributed by atoms with Gasteiger partial charge in [0.2, 0.25) is 0 Å². The average Bonchev–Trinajstić information content (AvgIpc) is 2.20. The van der Waals surface area contributed by atoms with E-state index in [9.17, 15) is 4.79 Å². The van der Waals surface area contributed by atoms with Crippen LogP contribution in [-0.2, 0) is 0 Å². The van der Waals surface area contributed by atoms with Gasteiger partial charge in [-0.2, -0.15) is 0 Å². The Balaban J connectivity index is 2.32. The minimum absolute atomic E-state index is 0.444. The number of likely N-dealkylation sites (N-methyl/N-ethyl adjacent to an activating group) is 1. The second kappa shape index (κ2) is 5.09. The first-order valence-corrected chi connectivity index (χ1v) is 4.63. The molecule has 0 saturated heterocycles. The predicted molar refractivity (Wildman–Crippen MR) is 60.0 cm³/mol. The van der Waals surface area contributed by atoms with Crippen molar-refractivity contribution >= 4 is 17.5 Å². The van der Waals surface area contributed by atoms with E-state index in [2.05, 4.69) is 5.32 Å². The highest BCUT2D eigenvalue weighted by atomic mass is 16.4. The molecule has 1 amide bonds. The molecule has 0 aromatic heterocycles. The number of amides is 1. The maximum atomic E-state index is 10.5. The van der Waals surface area contributed by atoms with Crippen LogP contribution in [0.3, 0.4) is 0 Å². The third-order valence-electron chi connectivity index (χ3n) is 2.01. The molecule has 1 aromatic carbocycles. The van der Waals surface area contributed by atoms with Gasteiger partial charge in [-0.1, -0.05) is 0 Å². The van der Waals surface area contributed by atoms with Gasteiger partial charge < -0.3 is 21.1 Å². The molecule has 15 heavy (non-hydrogen) atoms. The molecule has 0 radical (unpaired) electrons. The van der Waals surface area contributed by atoms with Crippen molar-refractivity contribution < 1.29 is 9.90 Å². The summed E-state index contributed by atoms with van der Waals surface area (Å²) in [5.74, 6) is 0. The topological polar surface area (TPSA) is 78.6 Å². The van der Waals surface area contributed by atoms with Gasteiger partial charge in [0.25, 0.3) is 0 Å². The summed E-state index contributed by atoms with van der Waals surface area (Å²) in [6.07, 6.45) is -0.922. The molecular weight excluding hydrogens is 194 g/mol. The molecule has 0 aliphatic carbocycles. The quantitative estimate of drug-likeness (QED) is 0.653. The van der Waals surface area contributed by atoms with E-state index in [-0.39, 0.29) is 0 Å². The van der Waals surface area contributed by atoms with Crippen molar-refractivity contribution in [1.29, 1.82) is 0 Å². The lowest BCUT2D eigenvalue weighted by Crippen LogP contribution is -2.29. The van der Waals surface area contributed by atoms with Crippen LogP contribution >= 0.6 is 0 Å². The zero-order valence-corrected chi connectivity index (χ0v) is 8.60. The van der Waals surface area contributed by atoms with Crippen molar-refractivity contribution in [3.05, 3.63) is 24.3 Å². The summed E-state index contributed by atoms with van der Waals surface area (Å²) < 4.78 is 0. The van der Waals surface area contributed by atoms with E-state index >= 15 is 0 Å². The van der Waals surface area contributed by atoms with Crippen LogP contribution in [0, 0.1) is 0 Å². The van der Waals surface area contributed by atoms with Crippen molar-refractivity contribution in [2.24, 2.45) is 0 Å². The molecule has 82 valence electrons. The third kappa shape index (κ3) is 3.76. The smallest absolute Gasteiger partial charge is 0.407 e. The average molecular weight is 209 g/mol. The lowest BCUT2D eigenvalue weighted by Gasteiger charge is -2.13. The zero-order chi connectivity index (χ0) is 11.3. The molecule has 0 aliphatic rings. The maximum Gasteiger partial charge on any atom is 0.407 e. The predicted octanol–water partition coefficient (Wildman–Crippen LogP) is 1.29. The van der Waals surface area contributed by atoms with Gasteiger partial charge in [-0.05, 0) is 24.3 Å². The van der Waals surface area contributed by atoms with Gasteiger partial charge in [0, 0.05) is 31.5 Å². The van der Waals surface area contributed by atoms with Gasteiger partial charge in [-0.15, -0.1) is 0 Å². The molecule has 4 N–H and O–H groups in total. The highest BCUT2D eigenvalue weighted by molar-refractivity contribution is 5.64. The Labute approximate surface area is 88.5 Å². The Hall–Kier alpha value is -1.91. The maximum absolute atomic E-state index is 10.5. The summed E-state index contributed by atoms with van der Waals surface area (Å²) in [4.78, 5) is 11.7. The third-order valence-corrected chi connectivity index (χ3v) is 2.01. The number of carboxylic acid groups (broad SMARTS) is 1. The fourth-order valence-electron chi connectivity index (χ4n) is 1.06. The van der Waals surface area contributed by atoms with E-state index in [0.717, 1.165) is 5.69 Å². The van der Waals surface area contributed by atoms with Gasteiger partial charge in [-0.25, -0.2) is 4.79 Å². The van der Waals surface area contributed by atoms with E-state index in [1.165, 1.54) is 11.9 Å². The summed E-state index contributed by atoms with van der Waals surface area (Å²) in [5.41, 5.74) is 7.17. The summed E-state index contributed by atoms with van der Waals surface area (Å²) >= 11 is 0. The number of nitrogens with two attached hydrogens (primary N) is 1. The van der Waals surface area contributed by atoms with E-state index in [0.29, 0.717) is 18.8 Å². The number of hydrogen-bond acceptors (Lipinski definition) is 3. The highest BCUT2D eigenvalue weighted by Gasteiger charge is 2.03. The Morgan fingerprint density at radius 1 is 1.47 bits per heavy atom. The first-order chi connectivity index (χ1) is 7.09. The number of carbonyl (C=O) groups is 1. The molecule has 1 aromatic rings. The van der Waals surface area contributed by atoms with Gasteiger partial charge >= 0.3 is 6.09 Å². The van der Waals surface area contributed by atoms with Gasteiger partial charge in [0.15, 0.2) is 0 Å². The summed E-state index contributed by atoms with van der Waals surface area (Å²) in [6.45, 7) is 1.02. The number of nitrogens with one attached hydrogen (secondary N) is 1. The number of rotatable bonds is 4. The molecule has 0 fully saturated rings. The molecular formula is C10H15N3O2. The van der Waals surface area contributed by atoms with E-state index in [1.54, 1.807) is 12.1 Å². The Bertz CT molecular complexity index is 324. The van der Waals surface area contributed by atoms with Crippen molar-refractivity contribution in [3.63, 3.8) is 0 Å². The number of anilines is 2. The molecule has 1 rings (SSSR count). The molecule has 0 atom stereocenters. The summed E-state index contributed by atoms with van der Waals surface area (Å²) in [7, 11) is 1.53. The fraction of sp³-hybridized carbons (Fsp3) is 0.300. The minimum Gasteiger partial charge on any atom is -0.465 e.